The molecule has 136 valence electrons. The van der Waals surface area contributed by atoms with Gasteiger partial charge in [0.2, 0.25) is 0 Å². The van der Waals surface area contributed by atoms with Crippen molar-refractivity contribution in [1.29, 1.82) is 0 Å². The number of thiazole rings is 1. The molecule has 4 heteroatoms. The third-order valence-electron chi connectivity index (χ3n) is 4.38. The maximum absolute atomic E-state index is 4.73. The molecule has 1 aromatic carbocycles. The third kappa shape index (κ3) is 4.31. The largest absolute Gasteiger partial charge is 0.332 e. The highest BCUT2D eigenvalue weighted by Gasteiger charge is 2.20. The zero-order valence-corrected chi connectivity index (χ0v) is 17.2. The van der Waals surface area contributed by atoms with Gasteiger partial charge in [0.25, 0.3) is 0 Å². The van der Waals surface area contributed by atoms with Crippen LogP contribution in [0.15, 0.2) is 48.1 Å². The van der Waals surface area contributed by atoms with E-state index in [1.54, 1.807) is 17.5 Å². The molecule has 0 aliphatic carbocycles. The lowest BCUT2D eigenvalue weighted by atomic mass is 9.80. The molecule has 0 atom stereocenters. The van der Waals surface area contributed by atoms with Gasteiger partial charge in [-0.25, -0.2) is 4.98 Å². The average Bonchev–Trinajstić information content (AvgIpc) is 3.02. The van der Waals surface area contributed by atoms with E-state index in [1.807, 2.05) is 18.3 Å². The van der Waals surface area contributed by atoms with Gasteiger partial charge in [0, 0.05) is 29.0 Å². The lowest BCUT2D eigenvalue weighted by molar-refractivity contribution is 0.569. The van der Waals surface area contributed by atoms with E-state index >= 15 is 0 Å². The van der Waals surface area contributed by atoms with Crippen molar-refractivity contribution in [2.45, 2.75) is 52.4 Å². The highest BCUT2D eigenvalue weighted by molar-refractivity contribution is 7.14. The monoisotopic (exact) mass is 365 g/mol. The van der Waals surface area contributed by atoms with Gasteiger partial charge < -0.3 is 5.32 Å². The quantitative estimate of drug-likeness (QED) is 0.572. The molecule has 1 N–H and O–H groups in total. The van der Waals surface area contributed by atoms with Gasteiger partial charge in [-0.1, -0.05) is 47.6 Å². The predicted molar refractivity (Wildman–Crippen MR) is 112 cm³/mol. The zero-order chi connectivity index (χ0) is 18.9. The van der Waals surface area contributed by atoms with Crippen molar-refractivity contribution < 1.29 is 0 Å². The molecular formula is C22H27N3S. The van der Waals surface area contributed by atoms with Crippen LogP contribution >= 0.6 is 11.3 Å². The van der Waals surface area contributed by atoms with Gasteiger partial charge >= 0.3 is 0 Å². The van der Waals surface area contributed by atoms with E-state index in [-0.39, 0.29) is 10.8 Å². The first-order valence-corrected chi connectivity index (χ1v) is 9.80. The molecular weight excluding hydrogens is 338 g/mol. The Kier molecular flexibility index (Phi) is 4.89. The van der Waals surface area contributed by atoms with Crippen molar-refractivity contribution in [2.75, 3.05) is 5.32 Å². The Bertz CT molecular complexity index is 851. The molecule has 0 bridgehead atoms. The summed E-state index contributed by atoms with van der Waals surface area (Å²) in [6.45, 7) is 13.5. The van der Waals surface area contributed by atoms with E-state index in [2.05, 4.69) is 75.4 Å². The minimum atomic E-state index is 0.0986. The molecule has 3 aromatic rings. The molecule has 0 unspecified atom stereocenters. The molecule has 0 fully saturated rings. The normalized spacial score (nSPS) is 12.2. The van der Waals surface area contributed by atoms with Crippen molar-refractivity contribution in [1.82, 2.24) is 9.97 Å². The van der Waals surface area contributed by atoms with Gasteiger partial charge in [0.15, 0.2) is 5.13 Å². The molecule has 3 rings (SSSR count). The second kappa shape index (κ2) is 6.84. The average molecular weight is 366 g/mol. The Balaban J connectivity index is 1.93. The summed E-state index contributed by atoms with van der Waals surface area (Å²) in [4.78, 5) is 8.90. The predicted octanol–water partition coefficient (Wildman–Crippen LogP) is 6.54. The molecule has 3 nitrogen and oxygen atoms in total. The summed E-state index contributed by atoms with van der Waals surface area (Å²) < 4.78 is 0. The number of rotatable bonds is 3. The van der Waals surface area contributed by atoms with Crippen LogP contribution in [0.4, 0.5) is 10.8 Å². The molecule has 0 aliphatic heterocycles. The fourth-order valence-electron chi connectivity index (χ4n) is 2.67. The molecule has 0 aliphatic rings. The van der Waals surface area contributed by atoms with Crippen LogP contribution in [0.3, 0.4) is 0 Å². The van der Waals surface area contributed by atoms with Gasteiger partial charge in [-0.05, 0) is 46.2 Å². The number of benzene rings is 1. The minimum Gasteiger partial charge on any atom is -0.332 e. The lowest BCUT2D eigenvalue weighted by Gasteiger charge is -2.26. The molecule has 0 radical (unpaired) electrons. The summed E-state index contributed by atoms with van der Waals surface area (Å²) in [5, 5.41) is 6.47. The van der Waals surface area contributed by atoms with Crippen LogP contribution < -0.4 is 5.32 Å². The number of hydrogen-bond acceptors (Lipinski definition) is 4. The summed E-state index contributed by atoms with van der Waals surface area (Å²) in [7, 11) is 0. The Morgan fingerprint density at radius 2 is 1.58 bits per heavy atom. The van der Waals surface area contributed by atoms with Crippen molar-refractivity contribution >= 4 is 22.2 Å². The standard InChI is InChI=1S/C22H27N3S/c1-21(2,3)16-10-17(22(4,5)6)12-18(11-16)24-20-25-19(14-26-20)15-8-7-9-23-13-15/h7-14H,1-6H3,(H,24,25). The lowest BCUT2D eigenvalue weighted by Crippen LogP contribution is -2.16. The number of aromatic nitrogens is 2. The molecule has 0 amide bonds. The Morgan fingerprint density at radius 1 is 0.923 bits per heavy atom. The van der Waals surface area contributed by atoms with Crippen LogP contribution in [0.25, 0.3) is 11.3 Å². The molecule has 0 saturated carbocycles. The third-order valence-corrected chi connectivity index (χ3v) is 5.14. The second-order valence-corrected chi connectivity index (χ2v) is 9.56. The smallest absolute Gasteiger partial charge is 0.187 e. The van der Waals surface area contributed by atoms with Crippen molar-refractivity contribution in [3.63, 3.8) is 0 Å². The molecule has 0 spiro atoms. The first kappa shape index (κ1) is 18.6. The zero-order valence-electron chi connectivity index (χ0n) is 16.4. The van der Waals surface area contributed by atoms with Gasteiger partial charge in [-0.15, -0.1) is 11.3 Å². The highest BCUT2D eigenvalue weighted by atomic mass is 32.1. The van der Waals surface area contributed by atoms with E-state index in [1.165, 1.54) is 11.1 Å². The van der Waals surface area contributed by atoms with Gasteiger partial charge in [0.1, 0.15) is 0 Å². The Morgan fingerprint density at radius 3 is 2.12 bits per heavy atom. The highest BCUT2D eigenvalue weighted by Crippen LogP contribution is 2.34. The first-order chi connectivity index (χ1) is 12.1. The maximum atomic E-state index is 4.73. The fraction of sp³-hybridized carbons (Fsp3) is 0.364. The number of nitrogens with one attached hydrogen (secondary N) is 1. The SMILES string of the molecule is CC(C)(C)c1cc(Nc2nc(-c3cccnc3)cs2)cc(C(C)(C)C)c1. The second-order valence-electron chi connectivity index (χ2n) is 8.70. The summed E-state index contributed by atoms with van der Waals surface area (Å²) in [6.07, 6.45) is 3.62. The number of anilines is 2. The van der Waals surface area contributed by atoms with E-state index in [4.69, 9.17) is 4.98 Å². The van der Waals surface area contributed by atoms with Crippen LogP contribution in [0.2, 0.25) is 0 Å². The van der Waals surface area contributed by atoms with Crippen LogP contribution in [-0.4, -0.2) is 9.97 Å². The fourth-order valence-corrected chi connectivity index (χ4v) is 3.41. The Hall–Kier alpha value is -2.20. The van der Waals surface area contributed by atoms with Gasteiger partial charge in [0.05, 0.1) is 5.69 Å². The summed E-state index contributed by atoms with van der Waals surface area (Å²) in [5.41, 5.74) is 5.94. The molecule has 0 saturated heterocycles. The van der Waals surface area contributed by atoms with Crippen LogP contribution in [0, 0.1) is 0 Å². The van der Waals surface area contributed by atoms with Crippen molar-refractivity contribution in [3.05, 3.63) is 59.2 Å². The molecule has 26 heavy (non-hydrogen) atoms. The molecule has 2 aromatic heterocycles. The van der Waals surface area contributed by atoms with Crippen LogP contribution in [0.5, 0.6) is 0 Å². The number of nitrogens with zero attached hydrogens (tertiary/aromatic N) is 2. The molecule has 2 heterocycles. The summed E-state index contributed by atoms with van der Waals surface area (Å²) >= 11 is 1.62. The van der Waals surface area contributed by atoms with Gasteiger partial charge in [-0.3, -0.25) is 4.98 Å². The van der Waals surface area contributed by atoms with Crippen LogP contribution in [0.1, 0.15) is 52.7 Å². The van der Waals surface area contributed by atoms with Crippen molar-refractivity contribution in [3.8, 4) is 11.3 Å². The number of pyridine rings is 1. The Labute approximate surface area is 160 Å². The topological polar surface area (TPSA) is 37.8 Å². The van der Waals surface area contributed by atoms with E-state index in [9.17, 15) is 0 Å². The van der Waals surface area contributed by atoms with E-state index < -0.39 is 0 Å². The maximum Gasteiger partial charge on any atom is 0.187 e. The van der Waals surface area contributed by atoms with E-state index in [0.29, 0.717) is 0 Å². The van der Waals surface area contributed by atoms with Gasteiger partial charge in [-0.2, -0.15) is 0 Å². The first-order valence-electron chi connectivity index (χ1n) is 8.92. The van der Waals surface area contributed by atoms with Crippen LogP contribution in [-0.2, 0) is 10.8 Å². The van der Waals surface area contributed by atoms with Crippen molar-refractivity contribution in [2.24, 2.45) is 0 Å². The summed E-state index contributed by atoms with van der Waals surface area (Å²) in [5.74, 6) is 0. The van der Waals surface area contributed by atoms with E-state index in [0.717, 1.165) is 22.1 Å². The number of hydrogen-bond donors (Lipinski definition) is 1. The summed E-state index contributed by atoms with van der Waals surface area (Å²) in [6, 6.07) is 10.8. The minimum absolute atomic E-state index is 0.0986.